The van der Waals surface area contributed by atoms with Gasteiger partial charge >= 0.3 is 0 Å². The van der Waals surface area contributed by atoms with Crippen LogP contribution in [-0.4, -0.2) is 53.4 Å². The first-order chi connectivity index (χ1) is 15.8. The van der Waals surface area contributed by atoms with Crippen LogP contribution in [0.1, 0.15) is 31.2 Å². The number of hydrogen-bond donors (Lipinski definition) is 1. The van der Waals surface area contributed by atoms with Crippen LogP contribution in [0.25, 0.3) is 11.0 Å². The molecule has 0 spiro atoms. The fourth-order valence-corrected chi connectivity index (χ4v) is 4.43. The maximum absolute atomic E-state index is 9.29. The maximum atomic E-state index is 9.29. The van der Waals surface area contributed by atoms with Gasteiger partial charge in [-0.1, -0.05) is 0 Å². The number of rotatable bonds is 5. The van der Waals surface area contributed by atoms with E-state index in [1.807, 2.05) is 0 Å². The fourth-order valence-electron chi connectivity index (χ4n) is 4.43. The van der Waals surface area contributed by atoms with Crippen LogP contribution in [0.2, 0.25) is 0 Å². The number of ether oxygens (including phenoxy) is 2. The van der Waals surface area contributed by atoms with E-state index in [1.54, 1.807) is 30.7 Å². The third kappa shape index (κ3) is 4.43. The molecule has 3 heterocycles. The number of nitrogens with zero attached hydrogens (tertiary/aromatic N) is 5. The summed E-state index contributed by atoms with van der Waals surface area (Å²) < 4.78 is 12.0. The minimum Gasteiger partial charge on any atom is -0.488 e. The fraction of sp³-hybridized carbons (Fsp3) is 0.417. The first kappa shape index (κ1) is 20.5. The van der Waals surface area contributed by atoms with Gasteiger partial charge < -0.3 is 19.7 Å². The molecule has 3 aromatic rings. The minimum absolute atomic E-state index is 0.123. The molecule has 1 saturated carbocycles. The van der Waals surface area contributed by atoms with Crippen molar-refractivity contribution in [1.82, 2.24) is 15.0 Å². The molecule has 164 valence electrons. The zero-order chi connectivity index (χ0) is 21.8. The van der Waals surface area contributed by atoms with Crippen molar-refractivity contribution >= 4 is 22.5 Å². The van der Waals surface area contributed by atoms with Crippen molar-refractivity contribution in [3.63, 3.8) is 0 Å². The topological polar surface area (TPSA) is 96.2 Å². The zero-order valence-electron chi connectivity index (χ0n) is 17.9. The van der Waals surface area contributed by atoms with Gasteiger partial charge in [0, 0.05) is 49.5 Å². The SMILES string of the molecule is N#Cc1cccnc1N[C@H]1CC[C@@H](Oc2cc(N3CCOCC3)cc3nccnc23)CC1. The summed E-state index contributed by atoms with van der Waals surface area (Å²) in [5.74, 6) is 1.46. The molecule has 0 bridgehead atoms. The highest BCUT2D eigenvalue weighted by atomic mass is 16.5. The summed E-state index contributed by atoms with van der Waals surface area (Å²) in [4.78, 5) is 15.7. The van der Waals surface area contributed by atoms with E-state index in [4.69, 9.17) is 9.47 Å². The molecule has 0 amide bonds. The number of fused-ring (bicyclic) bond motifs is 1. The Morgan fingerprint density at radius 1 is 1.03 bits per heavy atom. The van der Waals surface area contributed by atoms with E-state index in [2.05, 4.69) is 43.4 Å². The largest absolute Gasteiger partial charge is 0.488 e. The third-order valence-corrected chi connectivity index (χ3v) is 6.14. The Balaban J connectivity index is 1.28. The number of benzene rings is 1. The first-order valence-electron chi connectivity index (χ1n) is 11.2. The van der Waals surface area contributed by atoms with Gasteiger partial charge in [0.2, 0.25) is 0 Å². The lowest BCUT2D eigenvalue weighted by Gasteiger charge is -2.31. The number of nitriles is 1. The highest BCUT2D eigenvalue weighted by Gasteiger charge is 2.25. The van der Waals surface area contributed by atoms with Gasteiger partial charge in [0.25, 0.3) is 0 Å². The average Bonchev–Trinajstić information content (AvgIpc) is 2.86. The molecular formula is C24H26N6O2. The molecule has 0 unspecified atom stereocenters. The number of morpholine rings is 1. The molecule has 5 rings (SSSR count). The van der Waals surface area contributed by atoms with Gasteiger partial charge in [-0.15, -0.1) is 0 Å². The van der Waals surface area contributed by atoms with Crippen LogP contribution in [0.4, 0.5) is 11.5 Å². The third-order valence-electron chi connectivity index (χ3n) is 6.14. The molecule has 2 fully saturated rings. The Labute approximate surface area is 187 Å². The molecule has 1 aliphatic heterocycles. The molecule has 2 aromatic heterocycles. The predicted molar refractivity (Wildman–Crippen MR) is 122 cm³/mol. The van der Waals surface area contributed by atoms with E-state index in [0.717, 1.165) is 74.5 Å². The molecule has 2 aliphatic rings. The van der Waals surface area contributed by atoms with Crippen LogP contribution in [0.3, 0.4) is 0 Å². The molecule has 1 N–H and O–H groups in total. The van der Waals surface area contributed by atoms with Gasteiger partial charge in [-0.25, -0.2) is 9.97 Å². The highest BCUT2D eigenvalue weighted by Crippen LogP contribution is 2.33. The van der Waals surface area contributed by atoms with Crippen LogP contribution in [0.15, 0.2) is 42.9 Å². The van der Waals surface area contributed by atoms with Crippen LogP contribution in [-0.2, 0) is 4.74 Å². The average molecular weight is 431 g/mol. The molecule has 8 heteroatoms. The van der Waals surface area contributed by atoms with E-state index in [-0.39, 0.29) is 12.1 Å². The normalized spacial score (nSPS) is 21.2. The second-order valence-corrected chi connectivity index (χ2v) is 8.21. The quantitative estimate of drug-likeness (QED) is 0.657. The van der Waals surface area contributed by atoms with Crippen molar-refractivity contribution in [2.75, 3.05) is 36.5 Å². The standard InChI is InChI=1S/C24H26N6O2/c25-16-17-2-1-7-28-24(17)29-18-3-5-20(6-4-18)32-22-15-19(30-10-12-31-13-11-30)14-21-23(22)27-9-8-26-21/h1-2,7-9,14-15,18,20H,3-6,10-13H2,(H,28,29)/t18-,20+. The van der Waals surface area contributed by atoms with Gasteiger partial charge in [0.1, 0.15) is 23.2 Å². The molecule has 32 heavy (non-hydrogen) atoms. The summed E-state index contributed by atoms with van der Waals surface area (Å²) in [6.45, 7) is 3.19. The molecule has 8 nitrogen and oxygen atoms in total. The van der Waals surface area contributed by atoms with Crippen molar-refractivity contribution in [3.8, 4) is 11.8 Å². The summed E-state index contributed by atoms with van der Waals surface area (Å²) in [6.07, 6.45) is 9.04. The van der Waals surface area contributed by atoms with Gasteiger partial charge in [0.15, 0.2) is 0 Å². The lowest BCUT2D eigenvalue weighted by Crippen LogP contribution is -2.36. The summed E-state index contributed by atoms with van der Waals surface area (Å²) in [5.41, 5.74) is 3.33. The molecule has 1 aliphatic carbocycles. The van der Waals surface area contributed by atoms with Crippen LogP contribution in [0.5, 0.6) is 5.75 Å². The smallest absolute Gasteiger partial charge is 0.149 e. The monoisotopic (exact) mass is 430 g/mol. The number of hydrogen-bond acceptors (Lipinski definition) is 8. The molecule has 0 atom stereocenters. The summed E-state index contributed by atoms with van der Waals surface area (Å²) >= 11 is 0. The second-order valence-electron chi connectivity index (χ2n) is 8.21. The summed E-state index contributed by atoms with van der Waals surface area (Å²) in [7, 11) is 0. The Morgan fingerprint density at radius 3 is 2.66 bits per heavy atom. The highest BCUT2D eigenvalue weighted by molar-refractivity contribution is 5.85. The number of nitrogens with one attached hydrogen (secondary N) is 1. The van der Waals surface area contributed by atoms with Crippen molar-refractivity contribution in [3.05, 3.63) is 48.4 Å². The van der Waals surface area contributed by atoms with Crippen LogP contribution < -0.4 is 15.0 Å². The zero-order valence-corrected chi connectivity index (χ0v) is 17.9. The molecule has 1 saturated heterocycles. The minimum atomic E-state index is 0.123. The lowest BCUT2D eigenvalue weighted by atomic mass is 9.92. The van der Waals surface area contributed by atoms with E-state index >= 15 is 0 Å². The van der Waals surface area contributed by atoms with Gasteiger partial charge in [-0.2, -0.15) is 5.26 Å². The molecule has 1 aromatic carbocycles. The Bertz CT molecular complexity index is 1120. The summed E-state index contributed by atoms with van der Waals surface area (Å²) in [5, 5.41) is 12.7. The van der Waals surface area contributed by atoms with Crippen molar-refractivity contribution in [1.29, 1.82) is 5.26 Å². The lowest BCUT2D eigenvalue weighted by molar-refractivity contribution is 0.122. The summed E-state index contributed by atoms with van der Waals surface area (Å²) in [6, 6.07) is 10.2. The number of anilines is 2. The Kier molecular flexibility index (Phi) is 5.99. The van der Waals surface area contributed by atoms with E-state index in [0.29, 0.717) is 11.4 Å². The van der Waals surface area contributed by atoms with Crippen molar-refractivity contribution in [2.45, 2.75) is 37.8 Å². The first-order valence-corrected chi connectivity index (χ1v) is 11.2. The van der Waals surface area contributed by atoms with Gasteiger partial charge in [-0.3, -0.25) is 4.98 Å². The predicted octanol–water partition coefficient (Wildman–Crippen LogP) is 3.54. The van der Waals surface area contributed by atoms with E-state index in [1.165, 1.54) is 0 Å². The molecule has 0 radical (unpaired) electrons. The van der Waals surface area contributed by atoms with Crippen LogP contribution >= 0.6 is 0 Å². The van der Waals surface area contributed by atoms with Crippen LogP contribution in [0, 0.1) is 11.3 Å². The number of pyridine rings is 1. The molecular weight excluding hydrogens is 404 g/mol. The van der Waals surface area contributed by atoms with Gasteiger partial charge in [0.05, 0.1) is 30.4 Å². The maximum Gasteiger partial charge on any atom is 0.149 e. The Hall–Kier alpha value is -3.44. The van der Waals surface area contributed by atoms with Crippen molar-refractivity contribution < 1.29 is 9.47 Å². The van der Waals surface area contributed by atoms with Gasteiger partial charge in [-0.05, 0) is 43.9 Å². The Morgan fingerprint density at radius 2 is 1.84 bits per heavy atom. The second kappa shape index (κ2) is 9.37. The van der Waals surface area contributed by atoms with E-state index < -0.39 is 0 Å². The van der Waals surface area contributed by atoms with E-state index in [9.17, 15) is 5.26 Å². The van der Waals surface area contributed by atoms with Crippen molar-refractivity contribution in [2.24, 2.45) is 0 Å². The number of aromatic nitrogens is 3.